The summed E-state index contributed by atoms with van der Waals surface area (Å²) in [4.78, 5) is 0. The van der Waals surface area contributed by atoms with E-state index >= 15 is 0 Å². The second kappa shape index (κ2) is 7.10. The molecule has 0 aromatic carbocycles. The van der Waals surface area contributed by atoms with Crippen molar-refractivity contribution in [2.75, 3.05) is 0 Å². The molecule has 0 N–H and O–H groups in total. The molecule has 0 saturated heterocycles. The standard InChI is InChI=1S/H2S6/c1-3-5-6-4-2/h1-2H/p-2. The lowest BCUT2D eigenvalue weighted by molar-refractivity contribution is 5.76. The Morgan fingerprint density at radius 1 is 0.833 bits per heavy atom. The van der Waals surface area contributed by atoms with Gasteiger partial charge in [0.05, 0.1) is 0 Å². The van der Waals surface area contributed by atoms with E-state index in [-0.39, 0.29) is 0 Å². The highest BCUT2D eigenvalue weighted by Gasteiger charge is 1.64. The zero-order chi connectivity index (χ0) is 4.83. The summed E-state index contributed by atoms with van der Waals surface area (Å²) in [5.41, 5.74) is 0. The lowest BCUT2D eigenvalue weighted by Gasteiger charge is -2.03. The summed E-state index contributed by atoms with van der Waals surface area (Å²) in [5, 5.41) is 0. The first kappa shape index (κ1) is 8.10. The van der Waals surface area contributed by atoms with Crippen LogP contribution in [0.4, 0.5) is 0 Å². The van der Waals surface area contributed by atoms with Gasteiger partial charge in [0.1, 0.15) is 0 Å². The van der Waals surface area contributed by atoms with E-state index in [0.29, 0.717) is 0 Å². The summed E-state index contributed by atoms with van der Waals surface area (Å²) in [7, 11) is 5.63. The van der Waals surface area contributed by atoms with Crippen LogP contribution in [0.3, 0.4) is 0 Å². The van der Waals surface area contributed by atoms with Crippen LogP contribution in [0.25, 0.3) is 0 Å². The first-order valence-corrected chi connectivity index (χ1v) is 7.50. The molecule has 38 valence electrons. The fourth-order valence-corrected chi connectivity index (χ4v) is 5.51. The van der Waals surface area contributed by atoms with Crippen LogP contribution in [0.5, 0.6) is 0 Å². The summed E-state index contributed by atoms with van der Waals surface area (Å²) in [5.74, 6) is 0. The van der Waals surface area contributed by atoms with Gasteiger partial charge in [-0.15, -0.1) is 0 Å². The molecule has 0 nitrogen and oxygen atoms in total. The predicted molar refractivity (Wildman–Crippen MR) is 45.1 cm³/mol. The summed E-state index contributed by atoms with van der Waals surface area (Å²) < 4.78 is 0. The Morgan fingerprint density at radius 3 is 1.33 bits per heavy atom. The highest BCUT2D eigenvalue weighted by Crippen LogP contribution is 2.40. The minimum atomic E-state index is 1.30. The molecular weight excluding hydrogens is 192 g/mol. The molecule has 0 spiro atoms. The van der Waals surface area contributed by atoms with Gasteiger partial charge in [-0.2, -0.15) is 0 Å². The van der Waals surface area contributed by atoms with E-state index in [1.54, 1.807) is 0 Å². The molecule has 0 aromatic rings. The van der Waals surface area contributed by atoms with E-state index in [9.17, 15) is 0 Å². The van der Waals surface area contributed by atoms with E-state index in [1.165, 1.54) is 39.3 Å². The molecule has 0 aromatic heterocycles. The maximum Gasteiger partial charge on any atom is -0.0422 e. The van der Waals surface area contributed by atoms with Crippen LogP contribution in [-0.4, -0.2) is 0 Å². The van der Waals surface area contributed by atoms with Crippen LogP contribution in [0.1, 0.15) is 0 Å². The van der Waals surface area contributed by atoms with Gasteiger partial charge < -0.3 is 23.3 Å². The van der Waals surface area contributed by atoms with E-state index in [2.05, 4.69) is 23.3 Å². The average molecular weight is 192 g/mol. The zero-order valence-corrected chi connectivity index (χ0v) is 7.35. The topological polar surface area (TPSA) is 0 Å². The fraction of sp³-hybridized carbons (Fsp3) is 0. The summed E-state index contributed by atoms with van der Waals surface area (Å²) in [6, 6.07) is 0. The summed E-state index contributed by atoms with van der Waals surface area (Å²) in [6.45, 7) is 0. The first-order valence-electron chi connectivity index (χ1n) is 0.833. The molecular formula is S6-2. The van der Waals surface area contributed by atoms with Gasteiger partial charge in [-0.3, -0.25) is 19.7 Å². The van der Waals surface area contributed by atoms with Gasteiger partial charge in [0.2, 0.25) is 0 Å². The van der Waals surface area contributed by atoms with Gasteiger partial charge in [-0.25, -0.2) is 0 Å². The second-order valence-electron chi connectivity index (χ2n) is 0.272. The molecule has 0 aliphatic heterocycles. The molecule has 0 rings (SSSR count). The minimum Gasteiger partial charge on any atom is -0.706 e. The van der Waals surface area contributed by atoms with Crippen molar-refractivity contribution in [3.63, 3.8) is 0 Å². The Hall–Kier alpha value is 2.10. The van der Waals surface area contributed by atoms with Crippen molar-refractivity contribution in [2.45, 2.75) is 0 Å². The van der Waals surface area contributed by atoms with Crippen molar-refractivity contribution < 1.29 is 0 Å². The Kier molecular flexibility index (Phi) is 9.59. The van der Waals surface area contributed by atoms with E-state index in [0.717, 1.165) is 0 Å². The quantitative estimate of drug-likeness (QED) is 0.380. The molecule has 0 amide bonds. The van der Waals surface area contributed by atoms with Crippen LogP contribution in [0.2, 0.25) is 0 Å². The maximum absolute atomic E-state index is 4.52. The van der Waals surface area contributed by atoms with Gasteiger partial charge in [-0.1, -0.05) is 0 Å². The van der Waals surface area contributed by atoms with E-state index in [4.69, 9.17) is 0 Å². The third kappa shape index (κ3) is 6.10. The normalized spacial score (nSPS) is 9.00. The molecule has 0 fully saturated rings. The molecule has 0 heterocycles. The molecule has 0 aliphatic carbocycles. The lowest BCUT2D eigenvalue weighted by atomic mass is 30.3. The van der Waals surface area contributed by atoms with Crippen molar-refractivity contribution in [1.29, 1.82) is 0 Å². The van der Waals surface area contributed by atoms with Crippen LogP contribution in [0.15, 0.2) is 0 Å². The maximum atomic E-state index is 4.52. The zero-order valence-electron chi connectivity index (χ0n) is 2.45. The van der Waals surface area contributed by atoms with Crippen molar-refractivity contribution in [1.82, 2.24) is 0 Å². The molecule has 0 bridgehead atoms. The van der Waals surface area contributed by atoms with Gasteiger partial charge in [-0.05, 0) is 19.7 Å². The minimum absolute atomic E-state index is 1.30. The number of hydrogen-bond acceptors (Lipinski definition) is 6. The third-order valence-corrected chi connectivity index (χ3v) is 6.75. The van der Waals surface area contributed by atoms with E-state index in [1.807, 2.05) is 0 Å². The highest BCUT2D eigenvalue weighted by atomic mass is 33.9. The number of hydrogen-bond donors (Lipinski definition) is 0. The SMILES string of the molecule is [S-]SSSS[S-]. The molecule has 0 radical (unpaired) electrons. The molecule has 0 atom stereocenters. The van der Waals surface area contributed by atoms with Gasteiger partial charge >= 0.3 is 0 Å². The first-order chi connectivity index (χ1) is 2.91. The third-order valence-electron chi connectivity index (χ3n) is 0.0833. The molecule has 0 saturated carbocycles. The van der Waals surface area contributed by atoms with Gasteiger partial charge in [0.15, 0.2) is 0 Å². The van der Waals surface area contributed by atoms with Crippen molar-refractivity contribution in [2.24, 2.45) is 0 Å². The van der Waals surface area contributed by atoms with Crippen molar-refractivity contribution in [3.8, 4) is 0 Å². The number of rotatable bonds is 3. The van der Waals surface area contributed by atoms with Crippen LogP contribution in [0, 0.1) is 0 Å². The largest absolute Gasteiger partial charge is 0.706 e. The van der Waals surface area contributed by atoms with Crippen LogP contribution in [-0.2, 0) is 23.3 Å². The van der Waals surface area contributed by atoms with Crippen LogP contribution >= 0.6 is 39.3 Å². The predicted octanol–water partition coefficient (Wildman–Crippen LogP) is 2.59. The van der Waals surface area contributed by atoms with Crippen LogP contribution < -0.4 is 0 Å². The van der Waals surface area contributed by atoms with Gasteiger partial charge in [0, 0.05) is 0 Å². The Morgan fingerprint density at radius 2 is 1.17 bits per heavy atom. The van der Waals surface area contributed by atoms with Gasteiger partial charge in [0.25, 0.3) is 0 Å². The fourth-order valence-electron chi connectivity index (χ4n) is 0.0227. The Bertz CT molecular complexity index is 12.0. The van der Waals surface area contributed by atoms with E-state index < -0.39 is 0 Å². The highest BCUT2D eigenvalue weighted by molar-refractivity contribution is 9.37. The molecule has 6 heteroatoms. The Balaban J connectivity index is 2.34. The summed E-state index contributed by atoms with van der Waals surface area (Å²) >= 11 is 9.03. The lowest BCUT2D eigenvalue weighted by Crippen LogP contribution is -1.26. The monoisotopic (exact) mass is 192 g/mol. The second-order valence-corrected chi connectivity index (χ2v) is 7.35. The Labute approximate surface area is 62.2 Å². The van der Waals surface area contributed by atoms with Crippen molar-refractivity contribution >= 4 is 62.6 Å². The average Bonchev–Trinajstić information content (AvgIpc) is 1.61. The molecule has 0 aliphatic rings. The molecule has 6 heavy (non-hydrogen) atoms. The van der Waals surface area contributed by atoms with Crippen molar-refractivity contribution in [3.05, 3.63) is 0 Å². The summed E-state index contributed by atoms with van der Waals surface area (Å²) in [6.07, 6.45) is 0. The molecule has 0 unspecified atom stereocenters. The smallest absolute Gasteiger partial charge is 0.0422 e.